The van der Waals surface area contributed by atoms with E-state index in [1.165, 1.54) is 24.8 Å². The van der Waals surface area contributed by atoms with Gasteiger partial charge >= 0.3 is 5.97 Å². The van der Waals surface area contributed by atoms with Gasteiger partial charge in [-0.25, -0.2) is 4.79 Å². The topological polar surface area (TPSA) is 98.1 Å². The zero-order chi connectivity index (χ0) is 18.9. The minimum absolute atomic E-state index is 0.0324. The molecule has 130 valence electrons. The first-order valence-electron chi connectivity index (χ1n) is 7.77. The Balaban J connectivity index is 2.87. The molecule has 0 saturated carbocycles. The first-order valence-corrected chi connectivity index (χ1v) is 7.77. The number of Topliss-reactive ketones (excluding diaryl/α,β-unsaturated/α-hetero) is 1. The molecule has 2 N–H and O–H groups in total. The number of nitrogen functional groups attached to an aromatic ring is 1. The van der Waals surface area contributed by atoms with E-state index in [4.69, 9.17) is 10.5 Å². The van der Waals surface area contributed by atoms with Crippen molar-refractivity contribution >= 4 is 17.4 Å². The molecule has 6 nitrogen and oxygen atoms in total. The summed E-state index contributed by atoms with van der Waals surface area (Å²) in [6.07, 6.45) is 1.45. The van der Waals surface area contributed by atoms with Gasteiger partial charge in [-0.05, 0) is 30.0 Å². The fourth-order valence-electron chi connectivity index (χ4n) is 2.60. The lowest BCUT2D eigenvalue weighted by Gasteiger charge is -2.22. The van der Waals surface area contributed by atoms with Gasteiger partial charge in [0, 0.05) is 11.8 Å². The first kappa shape index (κ1) is 18.3. The Morgan fingerprint density at radius 3 is 2.40 bits per heavy atom. The van der Waals surface area contributed by atoms with Gasteiger partial charge in [-0.3, -0.25) is 4.79 Å². The van der Waals surface area contributed by atoms with Crippen molar-refractivity contribution in [2.24, 2.45) is 0 Å². The van der Waals surface area contributed by atoms with Gasteiger partial charge in [-0.15, -0.1) is 0 Å². The SMILES string of the molecule is COC(=O)c1c(N)c(C#N)cn1-c1cc(C(C)(C)C)ccc1C(C)=O. The molecule has 0 amide bonds. The summed E-state index contributed by atoms with van der Waals surface area (Å²) >= 11 is 0. The van der Waals surface area contributed by atoms with Crippen LogP contribution in [0.4, 0.5) is 5.69 Å². The molecule has 0 radical (unpaired) electrons. The number of benzene rings is 1. The minimum atomic E-state index is -0.672. The molecule has 0 spiro atoms. The van der Waals surface area contributed by atoms with Gasteiger partial charge in [-0.1, -0.05) is 26.8 Å². The normalized spacial score (nSPS) is 11.0. The number of ketones is 1. The largest absolute Gasteiger partial charge is 0.464 e. The predicted octanol–water partition coefficient (Wildman–Crippen LogP) is 3.22. The van der Waals surface area contributed by atoms with E-state index in [-0.39, 0.29) is 28.1 Å². The van der Waals surface area contributed by atoms with Crippen LogP contribution in [0.15, 0.2) is 24.4 Å². The summed E-state index contributed by atoms with van der Waals surface area (Å²) in [4.78, 5) is 24.3. The standard InChI is InChI=1S/C19H21N3O3/c1-11(23)14-7-6-13(19(2,3)4)8-15(14)22-10-12(9-20)16(21)17(22)18(24)25-5/h6-8,10H,21H2,1-5H3. The van der Waals surface area contributed by atoms with Crippen LogP contribution in [0.2, 0.25) is 0 Å². The van der Waals surface area contributed by atoms with Gasteiger partial charge in [0.1, 0.15) is 6.07 Å². The summed E-state index contributed by atoms with van der Waals surface area (Å²) in [6.45, 7) is 7.59. The van der Waals surface area contributed by atoms with Crippen molar-refractivity contribution in [2.75, 3.05) is 12.8 Å². The summed E-state index contributed by atoms with van der Waals surface area (Å²) in [7, 11) is 1.24. The quantitative estimate of drug-likeness (QED) is 0.684. The number of esters is 1. The number of ether oxygens (including phenoxy) is 1. The Labute approximate surface area is 146 Å². The molecule has 1 heterocycles. The molecule has 0 aliphatic carbocycles. The monoisotopic (exact) mass is 339 g/mol. The molecule has 0 aliphatic rings. The van der Waals surface area contributed by atoms with Crippen molar-refractivity contribution < 1.29 is 14.3 Å². The number of nitrogens with two attached hydrogens (primary N) is 1. The van der Waals surface area contributed by atoms with Crippen LogP contribution in [-0.4, -0.2) is 23.4 Å². The van der Waals surface area contributed by atoms with E-state index in [1.54, 1.807) is 6.07 Å². The highest BCUT2D eigenvalue weighted by Crippen LogP contribution is 2.31. The summed E-state index contributed by atoms with van der Waals surface area (Å²) < 4.78 is 6.26. The molecule has 2 aromatic rings. The lowest BCUT2D eigenvalue weighted by molar-refractivity contribution is 0.0592. The number of nitrogens with zero attached hydrogens (tertiary/aromatic N) is 2. The van der Waals surface area contributed by atoms with Gasteiger partial charge in [0.05, 0.1) is 24.0 Å². The van der Waals surface area contributed by atoms with E-state index in [2.05, 4.69) is 0 Å². The number of aromatic nitrogens is 1. The number of hydrogen-bond acceptors (Lipinski definition) is 5. The van der Waals surface area contributed by atoms with Crippen molar-refractivity contribution in [1.82, 2.24) is 4.57 Å². The van der Waals surface area contributed by atoms with Crippen molar-refractivity contribution in [3.63, 3.8) is 0 Å². The molecule has 0 unspecified atom stereocenters. The maximum atomic E-state index is 12.2. The van der Waals surface area contributed by atoms with Crippen molar-refractivity contribution in [3.8, 4) is 11.8 Å². The van der Waals surface area contributed by atoms with Crippen molar-refractivity contribution in [2.45, 2.75) is 33.1 Å². The fraction of sp³-hybridized carbons (Fsp3) is 0.316. The van der Waals surface area contributed by atoms with Crippen molar-refractivity contribution in [1.29, 1.82) is 5.26 Å². The van der Waals surface area contributed by atoms with Gasteiger partial charge in [0.25, 0.3) is 0 Å². The first-order chi connectivity index (χ1) is 11.6. The molecule has 1 aromatic heterocycles. The van der Waals surface area contributed by atoms with E-state index in [1.807, 2.05) is 39.0 Å². The van der Waals surface area contributed by atoms with E-state index in [9.17, 15) is 14.9 Å². The average Bonchev–Trinajstić information content (AvgIpc) is 2.89. The van der Waals surface area contributed by atoms with Gasteiger partial charge < -0.3 is 15.0 Å². The number of rotatable bonds is 3. The smallest absolute Gasteiger partial charge is 0.357 e. The third kappa shape index (κ3) is 3.26. The molecule has 2 rings (SSSR count). The second-order valence-electron chi connectivity index (χ2n) is 6.82. The van der Waals surface area contributed by atoms with Gasteiger partial charge in [0.15, 0.2) is 11.5 Å². The lowest BCUT2D eigenvalue weighted by Crippen LogP contribution is -2.16. The molecule has 0 bridgehead atoms. The van der Waals surface area contributed by atoms with Crippen LogP contribution in [-0.2, 0) is 10.2 Å². The van der Waals surface area contributed by atoms with Crippen LogP contribution in [0.25, 0.3) is 5.69 Å². The number of hydrogen-bond donors (Lipinski definition) is 1. The number of carbonyl (C=O) groups is 2. The highest BCUT2D eigenvalue weighted by atomic mass is 16.5. The summed E-state index contributed by atoms with van der Waals surface area (Å²) in [5.74, 6) is -0.827. The second kappa shape index (κ2) is 6.44. The zero-order valence-electron chi connectivity index (χ0n) is 15.0. The number of methoxy groups -OCH3 is 1. The summed E-state index contributed by atoms with van der Waals surface area (Å²) in [6, 6.07) is 7.41. The third-order valence-electron chi connectivity index (χ3n) is 4.05. The second-order valence-corrected chi connectivity index (χ2v) is 6.82. The Morgan fingerprint density at radius 1 is 1.28 bits per heavy atom. The molecule has 0 saturated heterocycles. The maximum absolute atomic E-state index is 12.2. The molecule has 0 aliphatic heterocycles. The van der Waals surface area contributed by atoms with E-state index in [0.29, 0.717) is 11.3 Å². The highest BCUT2D eigenvalue weighted by Gasteiger charge is 2.25. The maximum Gasteiger partial charge on any atom is 0.357 e. The Hall–Kier alpha value is -3.07. The molecule has 25 heavy (non-hydrogen) atoms. The van der Waals surface area contributed by atoms with E-state index < -0.39 is 5.97 Å². The fourth-order valence-corrected chi connectivity index (χ4v) is 2.60. The van der Waals surface area contributed by atoms with Crippen LogP contribution in [0, 0.1) is 11.3 Å². The lowest BCUT2D eigenvalue weighted by atomic mass is 9.86. The van der Waals surface area contributed by atoms with E-state index >= 15 is 0 Å². The van der Waals surface area contributed by atoms with Crippen LogP contribution in [0.5, 0.6) is 0 Å². The Bertz CT molecular complexity index is 896. The molecular weight excluding hydrogens is 318 g/mol. The summed E-state index contributed by atoms with van der Waals surface area (Å²) in [5.41, 5.74) is 7.91. The molecule has 0 atom stereocenters. The van der Waals surface area contributed by atoms with Crippen LogP contribution >= 0.6 is 0 Å². The zero-order valence-corrected chi connectivity index (χ0v) is 15.0. The van der Waals surface area contributed by atoms with Crippen LogP contribution in [0.3, 0.4) is 0 Å². The minimum Gasteiger partial charge on any atom is -0.464 e. The molecular formula is C19H21N3O3. The summed E-state index contributed by atoms with van der Waals surface area (Å²) in [5, 5.41) is 9.26. The molecule has 1 aromatic carbocycles. The van der Waals surface area contributed by atoms with Gasteiger partial charge in [0.2, 0.25) is 0 Å². The third-order valence-corrected chi connectivity index (χ3v) is 4.05. The Kier molecular flexibility index (Phi) is 4.71. The van der Waals surface area contributed by atoms with Crippen LogP contribution < -0.4 is 5.73 Å². The Morgan fingerprint density at radius 2 is 1.92 bits per heavy atom. The number of anilines is 1. The molecule has 0 fully saturated rings. The van der Waals surface area contributed by atoms with Gasteiger partial charge in [-0.2, -0.15) is 5.26 Å². The average molecular weight is 339 g/mol. The highest BCUT2D eigenvalue weighted by molar-refractivity contribution is 6.00. The number of nitriles is 1. The predicted molar refractivity (Wildman–Crippen MR) is 94.9 cm³/mol. The molecule has 6 heteroatoms. The number of carbonyl (C=O) groups excluding carboxylic acids is 2. The van der Waals surface area contributed by atoms with Crippen molar-refractivity contribution in [3.05, 3.63) is 46.8 Å². The van der Waals surface area contributed by atoms with E-state index in [0.717, 1.165) is 5.56 Å². The van der Waals surface area contributed by atoms with Crippen LogP contribution in [0.1, 0.15) is 59.7 Å².